The van der Waals surface area contributed by atoms with Crippen LogP contribution in [0.2, 0.25) is 0 Å². The zero-order chi connectivity index (χ0) is 15.8. The van der Waals surface area contributed by atoms with Gasteiger partial charge in [-0.05, 0) is 31.5 Å². The van der Waals surface area contributed by atoms with Crippen molar-refractivity contribution in [3.8, 4) is 6.07 Å². The molecule has 0 heterocycles. The zero-order valence-corrected chi connectivity index (χ0v) is 12.1. The van der Waals surface area contributed by atoms with Gasteiger partial charge in [-0.15, -0.1) is 0 Å². The number of carbonyl (C=O) groups excluding carboxylic acids is 2. The Labute approximate surface area is 123 Å². The van der Waals surface area contributed by atoms with Crippen LogP contribution in [0.4, 0.5) is 5.69 Å². The number of aryl methyl sites for hydroxylation is 1. The Bertz CT molecular complexity index is 615. The number of rotatable bonds is 5. The Kier molecular flexibility index (Phi) is 5.96. The molecule has 0 fully saturated rings. The van der Waals surface area contributed by atoms with Crippen molar-refractivity contribution in [3.63, 3.8) is 0 Å². The van der Waals surface area contributed by atoms with Crippen molar-refractivity contribution >= 4 is 17.6 Å². The first-order valence-corrected chi connectivity index (χ1v) is 6.26. The standard InChI is InChI=1S/C15H16N2O4/c1-4-21-15(19)12(8-16)9-17-13-7-11(14(18)20-3)6-5-10(13)2/h5-7,9,17H,4H2,1-3H3/b12-9-. The van der Waals surface area contributed by atoms with Gasteiger partial charge < -0.3 is 14.8 Å². The van der Waals surface area contributed by atoms with Crippen molar-refractivity contribution in [1.82, 2.24) is 0 Å². The first-order chi connectivity index (χ1) is 10.0. The summed E-state index contributed by atoms with van der Waals surface area (Å²) in [4.78, 5) is 22.9. The number of ether oxygens (including phenoxy) is 2. The second kappa shape index (κ2) is 7.70. The van der Waals surface area contributed by atoms with Crippen LogP contribution in [0, 0.1) is 18.3 Å². The molecule has 0 spiro atoms. The topological polar surface area (TPSA) is 88.4 Å². The van der Waals surface area contributed by atoms with E-state index < -0.39 is 11.9 Å². The minimum Gasteiger partial charge on any atom is -0.465 e. The Hall–Kier alpha value is -2.81. The zero-order valence-electron chi connectivity index (χ0n) is 12.1. The number of carbonyl (C=O) groups is 2. The molecule has 0 aliphatic heterocycles. The van der Waals surface area contributed by atoms with E-state index in [-0.39, 0.29) is 12.2 Å². The van der Waals surface area contributed by atoms with Gasteiger partial charge in [0.15, 0.2) is 5.57 Å². The monoisotopic (exact) mass is 288 g/mol. The van der Waals surface area contributed by atoms with E-state index in [0.717, 1.165) is 5.56 Å². The van der Waals surface area contributed by atoms with Gasteiger partial charge >= 0.3 is 11.9 Å². The number of nitriles is 1. The molecule has 1 aromatic rings. The highest BCUT2D eigenvalue weighted by atomic mass is 16.5. The quantitative estimate of drug-likeness (QED) is 0.507. The van der Waals surface area contributed by atoms with Gasteiger partial charge in [0.2, 0.25) is 0 Å². The molecule has 0 aliphatic rings. The molecule has 1 rings (SSSR count). The van der Waals surface area contributed by atoms with Crippen LogP contribution in [-0.2, 0) is 14.3 Å². The van der Waals surface area contributed by atoms with Gasteiger partial charge in [0.1, 0.15) is 6.07 Å². The van der Waals surface area contributed by atoms with E-state index in [1.165, 1.54) is 13.3 Å². The van der Waals surface area contributed by atoms with Crippen LogP contribution in [0.15, 0.2) is 30.0 Å². The third kappa shape index (κ3) is 4.35. The summed E-state index contributed by atoms with van der Waals surface area (Å²) in [7, 11) is 1.30. The minimum atomic E-state index is -0.700. The molecular formula is C15H16N2O4. The lowest BCUT2D eigenvalue weighted by Gasteiger charge is -2.08. The maximum Gasteiger partial charge on any atom is 0.350 e. The van der Waals surface area contributed by atoms with E-state index in [4.69, 9.17) is 10.00 Å². The molecular weight excluding hydrogens is 272 g/mol. The van der Waals surface area contributed by atoms with E-state index in [9.17, 15) is 9.59 Å². The third-order valence-electron chi connectivity index (χ3n) is 2.65. The van der Waals surface area contributed by atoms with Crippen molar-refractivity contribution in [2.75, 3.05) is 19.0 Å². The third-order valence-corrected chi connectivity index (χ3v) is 2.65. The summed E-state index contributed by atoms with van der Waals surface area (Å²) in [6.45, 7) is 3.67. The largest absolute Gasteiger partial charge is 0.465 e. The molecule has 0 radical (unpaired) electrons. The highest BCUT2D eigenvalue weighted by Gasteiger charge is 2.11. The van der Waals surface area contributed by atoms with Crippen LogP contribution in [-0.4, -0.2) is 25.7 Å². The predicted octanol–water partition coefficient (Wildman–Crippen LogP) is 2.16. The van der Waals surface area contributed by atoms with Gasteiger partial charge in [0, 0.05) is 11.9 Å². The van der Waals surface area contributed by atoms with E-state index in [2.05, 4.69) is 10.1 Å². The van der Waals surface area contributed by atoms with Gasteiger partial charge in [-0.1, -0.05) is 6.07 Å². The lowest BCUT2D eigenvalue weighted by Crippen LogP contribution is -2.08. The molecule has 1 N–H and O–H groups in total. The summed E-state index contributed by atoms with van der Waals surface area (Å²) in [6, 6.07) is 6.71. The number of methoxy groups -OCH3 is 1. The van der Waals surface area contributed by atoms with Gasteiger partial charge in [-0.2, -0.15) is 5.26 Å². The van der Waals surface area contributed by atoms with Crippen LogP contribution in [0.5, 0.6) is 0 Å². The molecule has 0 saturated carbocycles. The maximum absolute atomic E-state index is 11.5. The number of hydrogen-bond donors (Lipinski definition) is 1. The SMILES string of the molecule is CCOC(=O)/C(C#N)=C\Nc1cc(C(=O)OC)ccc1C. The highest BCUT2D eigenvalue weighted by Crippen LogP contribution is 2.18. The van der Waals surface area contributed by atoms with Crippen LogP contribution >= 0.6 is 0 Å². The van der Waals surface area contributed by atoms with Crippen molar-refractivity contribution in [1.29, 1.82) is 5.26 Å². The minimum absolute atomic E-state index is 0.153. The Morgan fingerprint density at radius 2 is 2.14 bits per heavy atom. The fourth-order valence-corrected chi connectivity index (χ4v) is 1.52. The molecule has 21 heavy (non-hydrogen) atoms. The molecule has 0 amide bonds. The molecule has 1 aromatic carbocycles. The lowest BCUT2D eigenvalue weighted by atomic mass is 10.1. The fraction of sp³-hybridized carbons (Fsp3) is 0.267. The summed E-state index contributed by atoms with van der Waals surface area (Å²) in [5.41, 5.74) is 1.66. The number of esters is 2. The molecule has 0 aliphatic carbocycles. The second-order valence-corrected chi connectivity index (χ2v) is 4.06. The summed E-state index contributed by atoms with van der Waals surface area (Å²) in [5, 5.41) is 11.7. The van der Waals surface area contributed by atoms with E-state index in [0.29, 0.717) is 11.3 Å². The normalized spacial score (nSPS) is 10.5. The molecule has 0 aromatic heterocycles. The number of nitrogens with one attached hydrogen (secondary N) is 1. The Morgan fingerprint density at radius 3 is 2.71 bits per heavy atom. The number of anilines is 1. The van der Waals surface area contributed by atoms with Crippen LogP contribution < -0.4 is 5.32 Å². The highest BCUT2D eigenvalue weighted by molar-refractivity contribution is 5.93. The first-order valence-electron chi connectivity index (χ1n) is 6.26. The van der Waals surface area contributed by atoms with Crippen LogP contribution in [0.25, 0.3) is 0 Å². The van der Waals surface area contributed by atoms with Crippen molar-refractivity contribution in [3.05, 3.63) is 41.1 Å². The molecule has 0 saturated heterocycles. The van der Waals surface area contributed by atoms with Crippen LogP contribution in [0.3, 0.4) is 0 Å². The average molecular weight is 288 g/mol. The second-order valence-electron chi connectivity index (χ2n) is 4.06. The summed E-state index contributed by atoms with van der Waals surface area (Å²) in [5.74, 6) is -1.16. The summed E-state index contributed by atoms with van der Waals surface area (Å²) in [6.07, 6.45) is 1.25. The number of hydrogen-bond acceptors (Lipinski definition) is 6. The van der Waals surface area contributed by atoms with E-state index in [1.807, 2.05) is 6.92 Å². The first kappa shape index (κ1) is 16.2. The predicted molar refractivity (Wildman–Crippen MR) is 76.5 cm³/mol. The molecule has 0 atom stereocenters. The summed E-state index contributed by atoms with van der Waals surface area (Å²) >= 11 is 0. The van der Waals surface area contributed by atoms with Gasteiger partial charge in [0.25, 0.3) is 0 Å². The van der Waals surface area contributed by atoms with Crippen LogP contribution in [0.1, 0.15) is 22.8 Å². The van der Waals surface area contributed by atoms with E-state index in [1.54, 1.807) is 31.2 Å². The Morgan fingerprint density at radius 1 is 1.43 bits per heavy atom. The lowest BCUT2D eigenvalue weighted by molar-refractivity contribution is -0.138. The molecule has 6 heteroatoms. The van der Waals surface area contributed by atoms with Crippen molar-refractivity contribution in [2.24, 2.45) is 0 Å². The molecule has 110 valence electrons. The molecule has 0 bridgehead atoms. The molecule has 6 nitrogen and oxygen atoms in total. The van der Waals surface area contributed by atoms with Gasteiger partial charge in [-0.3, -0.25) is 0 Å². The smallest absolute Gasteiger partial charge is 0.350 e. The number of nitrogens with zero attached hydrogens (tertiary/aromatic N) is 1. The van der Waals surface area contributed by atoms with Crippen molar-refractivity contribution in [2.45, 2.75) is 13.8 Å². The van der Waals surface area contributed by atoms with Gasteiger partial charge in [0.05, 0.1) is 19.3 Å². The maximum atomic E-state index is 11.5. The Balaban J connectivity index is 2.99. The van der Waals surface area contributed by atoms with Gasteiger partial charge in [-0.25, -0.2) is 9.59 Å². The average Bonchev–Trinajstić information content (AvgIpc) is 2.49. The molecule has 0 unspecified atom stereocenters. The fourth-order valence-electron chi connectivity index (χ4n) is 1.52. The van der Waals surface area contributed by atoms with Crippen molar-refractivity contribution < 1.29 is 19.1 Å². The van der Waals surface area contributed by atoms with E-state index >= 15 is 0 Å². The summed E-state index contributed by atoms with van der Waals surface area (Å²) < 4.78 is 9.39. The number of benzene rings is 1.